The van der Waals surface area contributed by atoms with Crippen LogP contribution in [0.3, 0.4) is 0 Å². The van der Waals surface area contributed by atoms with Crippen molar-refractivity contribution < 1.29 is 20.1 Å². The van der Waals surface area contributed by atoms with E-state index in [1.54, 1.807) is 0 Å². The Morgan fingerprint density at radius 2 is 2.00 bits per heavy atom. The summed E-state index contributed by atoms with van der Waals surface area (Å²) in [7, 11) is 0. The molecule has 2 unspecified atom stereocenters. The lowest BCUT2D eigenvalue weighted by molar-refractivity contribution is -0.123. The number of rotatable bonds is 3. The molecule has 0 bridgehead atoms. The normalized spacial score (nSPS) is 16.9. The molecular formula is C4H7IO4. The summed E-state index contributed by atoms with van der Waals surface area (Å²) in [4.78, 5) is 10.2. The van der Waals surface area contributed by atoms with Crippen LogP contribution < -0.4 is 0 Å². The third-order valence-electron chi connectivity index (χ3n) is 0.784. The molecule has 0 saturated carbocycles. The van der Waals surface area contributed by atoms with Gasteiger partial charge in [0.2, 0.25) is 3.79 Å². The average Bonchev–Trinajstić information content (AvgIpc) is 1.84. The van der Waals surface area contributed by atoms with Gasteiger partial charge in [-0.3, -0.25) is 4.79 Å². The summed E-state index contributed by atoms with van der Waals surface area (Å²) in [5, 5.41) is 25.4. The van der Waals surface area contributed by atoms with Crippen LogP contribution in [0.25, 0.3) is 0 Å². The molecule has 0 rings (SSSR count). The van der Waals surface area contributed by atoms with E-state index in [0.717, 1.165) is 0 Å². The minimum absolute atomic E-state index is 0.575. The van der Waals surface area contributed by atoms with Crippen molar-refractivity contribution in [1.29, 1.82) is 0 Å². The highest BCUT2D eigenvalue weighted by Crippen LogP contribution is 1.99. The van der Waals surface area contributed by atoms with E-state index >= 15 is 0 Å². The Morgan fingerprint density at radius 3 is 2.11 bits per heavy atom. The second-order valence-electron chi connectivity index (χ2n) is 1.50. The number of hydrogen-bond acceptors (Lipinski definition) is 4. The molecule has 0 fully saturated rings. The minimum Gasteiger partial charge on any atom is -0.394 e. The first kappa shape index (κ1) is 9.28. The lowest BCUT2D eigenvalue weighted by atomic mass is 10.2. The molecule has 0 aromatic heterocycles. The van der Waals surface area contributed by atoms with Crippen molar-refractivity contribution in [3.8, 4) is 0 Å². The predicted molar refractivity (Wildman–Crippen MR) is 38.1 cm³/mol. The van der Waals surface area contributed by atoms with E-state index in [9.17, 15) is 4.79 Å². The first-order valence-electron chi connectivity index (χ1n) is 2.26. The number of carbonyl (C=O) groups excluding carboxylic acids is 1. The van der Waals surface area contributed by atoms with Gasteiger partial charge in [0.25, 0.3) is 0 Å². The molecule has 9 heavy (non-hydrogen) atoms. The highest BCUT2D eigenvalue weighted by molar-refractivity contribution is 14.1. The monoisotopic (exact) mass is 246 g/mol. The molecule has 0 spiro atoms. The lowest BCUT2D eigenvalue weighted by Gasteiger charge is -2.09. The molecule has 0 radical (unpaired) electrons. The fraction of sp³-hybridized carbons (Fsp3) is 0.750. The van der Waals surface area contributed by atoms with Gasteiger partial charge < -0.3 is 15.3 Å². The highest BCUT2D eigenvalue weighted by atomic mass is 127. The molecule has 0 amide bonds. The zero-order valence-corrected chi connectivity index (χ0v) is 6.65. The topological polar surface area (TPSA) is 77.8 Å². The Bertz CT molecular complexity index is 105. The molecule has 0 aliphatic carbocycles. The van der Waals surface area contributed by atoms with Gasteiger partial charge in [0.15, 0.2) is 6.10 Å². The SMILES string of the molecule is O=C(I)C(O)C(O)CO. The highest BCUT2D eigenvalue weighted by Gasteiger charge is 2.20. The first-order chi connectivity index (χ1) is 4.09. The molecule has 4 nitrogen and oxygen atoms in total. The molecule has 0 saturated heterocycles. The van der Waals surface area contributed by atoms with Crippen LogP contribution in [0.15, 0.2) is 0 Å². The van der Waals surface area contributed by atoms with Crippen LogP contribution in [0.4, 0.5) is 0 Å². The first-order valence-corrected chi connectivity index (χ1v) is 3.33. The van der Waals surface area contributed by atoms with E-state index in [-0.39, 0.29) is 0 Å². The smallest absolute Gasteiger partial charge is 0.223 e. The summed E-state index contributed by atoms with van der Waals surface area (Å²) < 4.78 is -0.575. The quantitative estimate of drug-likeness (QED) is 0.425. The Labute approximate surface area is 65.6 Å². The van der Waals surface area contributed by atoms with Crippen molar-refractivity contribution in [2.24, 2.45) is 0 Å². The maximum absolute atomic E-state index is 10.2. The average molecular weight is 246 g/mol. The van der Waals surface area contributed by atoms with Crippen molar-refractivity contribution in [1.82, 2.24) is 0 Å². The maximum Gasteiger partial charge on any atom is 0.223 e. The van der Waals surface area contributed by atoms with Gasteiger partial charge in [0, 0.05) is 22.6 Å². The molecule has 0 aliphatic heterocycles. The van der Waals surface area contributed by atoms with Gasteiger partial charge >= 0.3 is 0 Å². The van der Waals surface area contributed by atoms with Crippen LogP contribution in [-0.2, 0) is 4.79 Å². The molecule has 0 heterocycles. The van der Waals surface area contributed by atoms with Gasteiger partial charge in [0.1, 0.15) is 6.10 Å². The zero-order valence-electron chi connectivity index (χ0n) is 4.49. The van der Waals surface area contributed by atoms with Crippen LogP contribution in [0, 0.1) is 0 Å². The van der Waals surface area contributed by atoms with E-state index in [4.69, 9.17) is 15.3 Å². The fourth-order valence-corrected chi connectivity index (χ4v) is 0.666. The van der Waals surface area contributed by atoms with Crippen molar-refractivity contribution in [2.75, 3.05) is 6.61 Å². The molecular weight excluding hydrogens is 239 g/mol. The van der Waals surface area contributed by atoms with Gasteiger partial charge in [-0.25, -0.2) is 0 Å². The summed E-state index contributed by atoms with van der Waals surface area (Å²) in [5.74, 6) is 0. The van der Waals surface area contributed by atoms with Gasteiger partial charge in [-0.05, 0) is 0 Å². The van der Waals surface area contributed by atoms with Crippen LogP contribution in [0.1, 0.15) is 0 Å². The zero-order chi connectivity index (χ0) is 7.44. The van der Waals surface area contributed by atoms with Crippen molar-refractivity contribution in [3.05, 3.63) is 0 Å². The van der Waals surface area contributed by atoms with Gasteiger partial charge in [-0.1, -0.05) is 0 Å². The predicted octanol–water partition coefficient (Wildman–Crippen LogP) is -1.34. The van der Waals surface area contributed by atoms with Crippen molar-refractivity contribution >= 4 is 26.4 Å². The van der Waals surface area contributed by atoms with Gasteiger partial charge in [-0.15, -0.1) is 0 Å². The molecule has 0 aromatic carbocycles. The number of halogens is 1. The second kappa shape index (κ2) is 4.15. The lowest BCUT2D eigenvalue weighted by Crippen LogP contribution is -2.33. The number of carbonyl (C=O) groups is 1. The van der Waals surface area contributed by atoms with Gasteiger partial charge in [0.05, 0.1) is 6.61 Å². The molecule has 3 N–H and O–H groups in total. The molecule has 5 heteroatoms. The Balaban J connectivity index is 3.72. The van der Waals surface area contributed by atoms with Crippen molar-refractivity contribution in [2.45, 2.75) is 12.2 Å². The summed E-state index contributed by atoms with van der Waals surface area (Å²) in [6.07, 6.45) is -2.81. The molecule has 0 aliphatic rings. The second-order valence-corrected chi connectivity index (χ2v) is 2.56. The molecule has 0 aromatic rings. The number of hydrogen-bond donors (Lipinski definition) is 3. The van der Waals surface area contributed by atoms with Gasteiger partial charge in [-0.2, -0.15) is 0 Å². The Morgan fingerprint density at radius 1 is 1.56 bits per heavy atom. The van der Waals surface area contributed by atoms with E-state index < -0.39 is 22.6 Å². The number of aliphatic hydroxyl groups is 3. The van der Waals surface area contributed by atoms with E-state index in [0.29, 0.717) is 0 Å². The Kier molecular flexibility index (Phi) is 4.28. The maximum atomic E-state index is 10.2. The summed E-state index contributed by atoms with van der Waals surface area (Å²) in [6, 6.07) is 0. The Hall–Kier alpha value is 0.280. The van der Waals surface area contributed by atoms with E-state index in [1.807, 2.05) is 0 Å². The minimum atomic E-state index is -1.46. The summed E-state index contributed by atoms with van der Waals surface area (Å²) >= 11 is 1.35. The summed E-state index contributed by atoms with van der Waals surface area (Å²) in [5.41, 5.74) is 0. The fourth-order valence-electron chi connectivity index (χ4n) is 0.251. The van der Waals surface area contributed by atoms with Crippen LogP contribution in [0.2, 0.25) is 0 Å². The van der Waals surface area contributed by atoms with E-state index in [2.05, 4.69) is 0 Å². The molecule has 2 atom stereocenters. The van der Waals surface area contributed by atoms with Crippen molar-refractivity contribution in [3.63, 3.8) is 0 Å². The van der Waals surface area contributed by atoms with Crippen LogP contribution in [0.5, 0.6) is 0 Å². The largest absolute Gasteiger partial charge is 0.394 e. The van der Waals surface area contributed by atoms with Crippen LogP contribution >= 0.6 is 22.6 Å². The number of aliphatic hydroxyl groups excluding tert-OH is 3. The van der Waals surface area contributed by atoms with E-state index in [1.165, 1.54) is 22.6 Å². The standard InChI is InChI=1S/C4H7IO4/c5-4(9)3(8)2(7)1-6/h2-3,6-8H,1H2. The summed E-state index contributed by atoms with van der Waals surface area (Å²) in [6.45, 7) is -0.601. The third kappa shape index (κ3) is 3.09. The third-order valence-corrected chi connectivity index (χ3v) is 1.42. The molecule has 54 valence electrons. The van der Waals surface area contributed by atoms with Crippen LogP contribution in [-0.4, -0.2) is 37.9 Å².